The molecule has 0 aliphatic heterocycles. The molecule has 0 bridgehead atoms. The van der Waals surface area contributed by atoms with E-state index in [0.717, 1.165) is 11.3 Å². The molecule has 1 rings (SSSR count). The van der Waals surface area contributed by atoms with Crippen molar-refractivity contribution in [2.75, 3.05) is 0 Å². The van der Waals surface area contributed by atoms with E-state index in [2.05, 4.69) is 25.2 Å². The number of rotatable bonds is 4. The molecular formula is C13H21O2+. The summed E-state index contributed by atoms with van der Waals surface area (Å²) in [5, 5.41) is 0. The Morgan fingerprint density at radius 3 is 2.47 bits per heavy atom. The van der Waals surface area contributed by atoms with Crippen molar-refractivity contribution in [2.24, 2.45) is 0 Å². The first-order valence-electron chi connectivity index (χ1n) is 5.44. The summed E-state index contributed by atoms with van der Waals surface area (Å²) in [6.45, 7) is 12.2. The molecule has 1 aliphatic rings. The van der Waals surface area contributed by atoms with Gasteiger partial charge in [-0.25, -0.2) is 0 Å². The molecule has 0 radical (unpaired) electrons. The first-order chi connectivity index (χ1) is 6.99. The van der Waals surface area contributed by atoms with Crippen LogP contribution in [-0.2, 0) is 4.74 Å². The molecule has 1 atom stereocenters. The van der Waals surface area contributed by atoms with Crippen molar-refractivity contribution in [1.29, 1.82) is 0 Å². The summed E-state index contributed by atoms with van der Waals surface area (Å²) in [6, 6.07) is 0. The topological polar surface area (TPSA) is 22.0 Å². The lowest BCUT2D eigenvalue weighted by Gasteiger charge is -2.20. The summed E-state index contributed by atoms with van der Waals surface area (Å²) in [5.41, 5.74) is 1.03. The first-order valence-corrected chi connectivity index (χ1v) is 5.44. The predicted molar refractivity (Wildman–Crippen MR) is 63.7 cm³/mol. The Hall–Kier alpha value is -1.02. The van der Waals surface area contributed by atoms with Crippen molar-refractivity contribution in [3.05, 3.63) is 36.1 Å². The Bertz CT molecular complexity index is 285. The van der Waals surface area contributed by atoms with Gasteiger partial charge < -0.3 is 9.47 Å². The van der Waals surface area contributed by atoms with E-state index in [-0.39, 0.29) is 12.2 Å². The molecule has 0 fully saturated rings. The van der Waals surface area contributed by atoms with Gasteiger partial charge in [-0.05, 0) is 26.0 Å². The molecule has 0 saturated carbocycles. The zero-order chi connectivity index (χ0) is 11.4. The Morgan fingerprint density at radius 1 is 1.27 bits per heavy atom. The fraction of sp³-hybridized carbons (Fsp3) is 0.538. The third-order valence-corrected chi connectivity index (χ3v) is 1.99. The van der Waals surface area contributed by atoms with Crippen LogP contribution in [-0.4, -0.2) is 23.0 Å². The summed E-state index contributed by atoms with van der Waals surface area (Å²) in [7, 11) is 0. The minimum atomic E-state index is 0.0729. The number of hydrogen-bond acceptors (Lipinski definition) is 1. The highest BCUT2D eigenvalue weighted by atomic mass is 16.5. The molecule has 2 nitrogen and oxygen atoms in total. The quantitative estimate of drug-likeness (QED) is 0.652. The second-order valence-electron chi connectivity index (χ2n) is 4.33. The monoisotopic (exact) mass is 209 g/mol. The molecule has 1 N–H and O–H groups in total. The zero-order valence-corrected chi connectivity index (χ0v) is 10.0. The van der Waals surface area contributed by atoms with E-state index in [1.54, 1.807) is 0 Å². The highest BCUT2D eigenvalue weighted by Crippen LogP contribution is 2.19. The van der Waals surface area contributed by atoms with Crippen LogP contribution in [0, 0.1) is 0 Å². The second-order valence-corrected chi connectivity index (χ2v) is 4.33. The van der Waals surface area contributed by atoms with Crippen LogP contribution in [0.15, 0.2) is 36.1 Å². The van der Waals surface area contributed by atoms with Crippen molar-refractivity contribution in [1.82, 2.24) is 0 Å². The van der Waals surface area contributed by atoms with E-state index < -0.39 is 0 Å². The molecule has 15 heavy (non-hydrogen) atoms. The van der Waals surface area contributed by atoms with Crippen molar-refractivity contribution >= 4 is 0 Å². The van der Waals surface area contributed by atoms with Crippen molar-refractivity contribution < 1.29 is 9.47 Å². The highest BCUT2D eigenvalue weighted by Gasteiger charge is 2.20. The van der Waals surface area contributed by atoms with Gasteiger partial charge in [0, 0.05) is 25.5 Å². The lowest BCUT2D eigenvalue weighted by Crippen LogP contribution is -2.24. The van der Waals surface area contributed by atoms with Crippen molar-refractivity contribution in [2.45, 2.75) is 46.0 Å². The molecule has 0 aromatic rings. The van der Waals surface area contributed by atoms with Gasteiger partial charge in [0.25, 0.3) is 0 Å². The molecule has 0 aromatic carbocycles. The minimum Gasteiger partial charge on any atom is -0.491 e. The number of allylic oxidation sites excluding steroid dienone is 1. The van der Waals surface area contributed by atoms with Gasteiger partial charge in [0.1, 0.15) is 11.9 Å². The molecular weight excluding hydrogens is 188 g/mol. The summed E-state index contributed by atoms with van der Waals surface area (Å²) >= 11 is 0. The van der Waals surface area contributed by atoms with Crippen LogP contribution in [0.3, 0.4) is 0 Å². The van der Waals surface area contributed by atoms with Gasteiger partial charge in [-0.2, -0.15) is 0 Å². The maximum atomic E-state index is 5.62. The average molecular weight is 209 g/mol. The first kappa shape index (κ1) is 12.1. The molecule has 0 spiro atoms. The summed E-state index contributed by atoms with van der Waals surface area (Å²) in [6.07, 6.45) is 6.55. The smallest absolute Gasteiger partial charge is 0.203 e. The molecule has 0 saturated heterocycles. The lowest BCUT2D eigenvalue weighted by atomic mass is 10.1. The predicted octanol–water partition coefficient (Wildman–Crippen LogP) is 2.73. The van der Waals surface area contributed by atoms with Gasteiger partial charge in [-0.1, -0.05) is 6.58 Å². The lowest BCUT2D eigenvalue weighted by molar-refractivity contribution is -0.107. The SMILES string of the molecule is C=C1C=CC(OC(C)C)=CC1[OH+]C(C)C. The number of hydrogen-bond donors (Lipinski definition) is 0. The molecule has 2 heteroatoms. The third kappa shape index (κ3) is 3.92. The van der Waals surface area contributed by atoms with E-state index in [4.69, 9.17) is 4.74 Å². The molecule has 84 valence electrons. The van der Waals surface area contributed by atoms with E-state index in [0.29, 0.717) is 6.10 Å². The van der Waals surface area contributed by atoms with Crippen molar-refractivity contribution in [3.63, 3.8) is 0 Å². The van der Waals surface area contributed by atoms with Gasteiger partial charge in [0.05, 0.1) is 6.10 Å². The molecule has 0 heterocycles. The third-order valence-electron chi connectivity index (χ3n) is 1.99. The molecule has 1 aliphatic carbocycles. The van der Waals surface area contributed by atoms with Crippen LogP contribution in [0.25, 0.3) is 0 Å². The minimum absolute atomic E-state index is 0.0729. The Labute approximate surface area is 92.3 Å². The van der Waals surface area contributed by atoms with Gasteiger partial charge >= 0.3 is 0 Å². The maximum absolute atomic E-state index is 5.62. The van der Waals surface area contributed by atoms with Crippen molar-refractivity contribution in [3.8, 4) is 0 Å². The van der Waals surface area contributed by atoms with E-state index >= 15 is 0 Å². The number of ether oxygens (including phenoxy) is 2. The Kier molecular flexibility index (Phi) is 4.15. The fourth-order valence-electron chi connectivity index (χ4n) is 1.42. The van der Waals surface area contributed by atoms with Crippen LogP contribution in [0.5, 0.6) is 0 Å². The van der Waals surface area contributed by atoms with Gasteiger partial charge in [0.15, 0.2) is 0 Å². The summed E-state index contributed by atoms with van der Waals surface area (Å²) in [5.74, 6) is 0.895. The normalized spacial score (nSPS) is 21.1. The van der Waals surface area contributed by atoms with E-state index in [9.17, 15) is 0 Å². The fourth-order valence-corrected chi connectivity index (χ4v) is 1.42. The largest absolute Gasteiger partial charge is 0.491 e. The second kappa shape index (κ2) is 5.17. The van der Waals surface area contributed by atoms with Crippen LogP contribution < -0.4 is 0 Å². The van der Waals surface area contributed by atoms with Crippen LogP contribution in [0.1, 0.15) is 27.7 Å². The molecule has 0 amide bonds. The van der Waals surface area contributed by atoms with Gasteiger partial charge in [-0.15, -0.1) is 0 Å². The van der Waals surface area contributed by atoms with Crippen LogP contribution in [0.2, 0.25) is 0 Å². The summed E-state index contributed by atoms with van der Waals surface area (Å²) < 4.78 is 10.2. The Morgan fingerprint density at radius 2 is 1.93 bits per heavy atom. The zero-order valence-electron chi connectivity index (χ0n) is 10.0. The van der Waals surface area contributed by atoms with Crippen LogP contribution in [0.4, 0.5) is 0 Å². The van der Waals surface area contributed by atoms with Gasteiger partial charge in [-0.3, -0.25) is 0 Å². The average Bonchev–Trinajstić information content (AvgIpc) is 2.09. The van der Waals surface area contributed by atoms with E-state index in [1.165, 1.54) is 0 Å². The van der Waals surface area contributed by atoms with E-state index in [1.807, 2.05) is 32.1 Å². The maximum Gasteiger partial charge on any atom is 0.203 e. The highest BCUT2D eigenvalue weighted by molar-refractivity contribution is 5.35. The molecule has 1 unspecified atom stereocenters. The molecule has 0 aromatic heterocycles. The summed E-state index contributed by atoms with van der Waals surface area (Å²) in [4.78, 5) is 0. The number of aliphatic hydroxyl groups is 2. The Balaban J connectivity index is 2.67. The standard InChI is InChI=1S/C13H20O2/c1-9(2)14-12-7-6-11(5)13(8-12)15-10(3)4/h6-10,13H,5H2,1-4H3/p+1. The van der Waals surface area contributed by atoms with Gasteiger partial charge in [0.2, 0.25) is 6.10 Å². The van der Waals surface area contributed by atoms with Crippen LogP contribution >= 0.6 is 0 Å².